The Balaban J connectivity index is 1.89. The van der Waals surface area contributed by atoms with Crippen LogP contribution in [0.1, 0.15) is 25.7 Å². The Morgan fingerprint density at radius 1 is 1.38 bits per heavy atom. The molecule has 5 heteroatoms. The van der Waals surface area contributed by atoms with E-state index in [1.54, 1.807) is 19.5 Å². The van der Waals surface area contributed by atoms with E-state index >= 15 is 0 Å². The predicted octanol–water partition coefficient (Wildman–Crippen LogP) is 1.20. The van der Waals surface area contributed by atoms with Crippen molar-refractivity contribution in [2.45, 2.75) is 31.3 Å². The van der Waals surface area contributed by atoms with Crippen LogP contribution >= 0.6 is 0 Å². The van der Waals surface area contributed by atoms with Crippen LogP contribution < -0.4 is 10.1 Å². The van der Waals surface area contributed by atoms with E-state index < -0.39 is 5.60 Å². The van der Waals surface area contributed by atoms with Gasteiger partial charge in [0.15, 0.2) is 5.75 Å². The van der Waals surface area contributed by atoms with E-state index in [0.717, 1.165) is 25.7 Å². The lowest BCUT2D eigenvalue weighted by Crippen LogP contribution is -2.33. The number of nitrogens with zero attached hydrogens (tertiary/aromatic N) is 2. The molecule has 0 atom stereocenters. The first-order valence-corrected chi connectivity index (χ1v) is 5.54. The number of hydrogen-bond acceptors (Lipinski definition) is 5. The van der Waals surface area contributed by atoms with Crippen molar-refractivity contribution in [2.24, 2.45) is 0 Å². The molecule has 1 aromatic rings. The van der Waals surface area contributed by atoms with Crippen LogP contribution in [0.25, 0.3) is 0 Å². The van der Waals surface area contributed by atoms with Crippen molar-refractivity contribution in [2.75, 3.05) is 19.0 Å². The normalized spacial score (nSPS) is 18.4. The third-order valence-electron chi connectivity index (χ3n) is 2.97. The summed E-state index contributed by atoms with van der Waals surface area (Å²) in [5.41, 5.74) is -0.580. The van der Waals surface area contributed by atoms with Gasteiger partial charge in [0, 0.05) is 6.54 Å². The largest absolute Gasteiger partial charge is 0.494 e. The van der Waals surface area contributed by atoms with Gasteiger partial charge in [0.25, 0.3) is 0 Å². The SMILES string of the molecule is COc1cnc(NCC2(O)CCCC2)nc1. The topological polar surface area (TPSA) is 67.3 Å². The van der Waals surface area contributed by atoms with E-state index in [9.17, 15) is 5.11 Å². The van der Waals surface area contributed by atoms with Gasteiger partial charge in [-0.05, 0) is 12.8 Å². The van der Waals surface area contributed by atoms with Crippen molar-refractivity contribution in [3.05, 3.63) is 12.4 Å². The molecule has 0 amide bonds. The van der Waals surface area contributed by atoms with Crippen LogP contribution in [0, 0.1) is 0 Å². The van der Waals surface area contributed by atoms with Crippen LogP contribution in [0.5, 0.6) is 5.75 Å². The molecule has 0 radical (unpaired) electrons. The molecule has 88 valence electrons. The van der Waals surface area contributed by atoms with Crippen LogP contribution in [0.4, 0.5) is 5.95 Å². The molecule has 0 unspecified atom stereocenters. The first-order chi connectivity index (χ1) is 7.72. The molecule has 1 heterocycles. The lowest BCUT2D eigenvalue weighted by atomic mass is 10.0. The first-order valence-electron chi connectivity index (χ1n) is 5.54. The molecule has 1 aliphatic rings. The van der Waals surface area contributed by atoms with Crippen LogP contribution in [0.3, 0.4) is 0 Å². The van der Waals surface area contributed by atoms with Crippen LogP contribution in [0.2, 0.25) is 0 Å². The molecule has 0 bridgehead atoms. The number of aromatic nitrogens is 2. The summed E-state index contributed by atoms with van der Waals surface area (Å²) in [5, 5.41) is 13.2. The number of anilines is 1. The van der Waals surface area contributed by atoms with Crippen LogP contribution in [-0.4, -0.2) is 34.3 Å². The Kier molecular flexibility index (Phi) is 3.24. The smallest absolute Gasteiger partial charge is 0.222 e. The highest BCUT2D eigenvalue weighted by Gasteiger charge is 2.30. The Hall–Kier alpha value is -1.36. The summed E-state index contributed by atoms with van der Waals surface area (Å²) >= 11 is 0. The quantitative estimate of drug-likeness (QED) is 0.803. The zero-order valence-corrected chi connectivity index (χ0v) is 9.44. The highest BCUT2D eigenvalue weighted by atomic mass is 16.5. The van der Waals surface area contributed by atoms with E-state index in [2.05, 4.69) is 15.3 Å². The monoisotopic (exact) mass is 223 g/mol. The highest BCUT2D eigenvalue weighted by molar-refractivity contribution is 5.27. The zero-order chi connectivity index (χ0) is 11.4. The second-order valence-electron chi connectivity index (χ2n) is 4.23. The van der Waals surface area contributed by atoms with Crippen molar-refractivity contribution in [3.63, 3.8) is 0 Å². The van der Waals surface area contributed by atoms with E-state index in [0.29, 0.717) is 18.2 Å². The van der Waals surface area contributed by atoms with Crippen molar-refractivity contribution in [3.8, 4) is 5.75 Å². The van der Waals surface area contributed by atoms with Gasteiger partial charge in [-0.2, -0.15) is 0 Å². The standard InChI is InChI=1S/C11H17N3O2/c1-16-9-6-12-10(13-7-9)14-8-11(15)4-2-3-5-11/h6-7,15H,2-5,8H2,1H3,(H,12,13,14). The van der Waals surface area contributed by atoms with Crippen LogP contribution in [0.15, 0.2) is 12.4 Å². The molecule has 5 nitrogen and oxygen atoms in total. The molecule has 1 aliphatic carbocycles. The molecule has 16 heavy (non-hydrogen) atoms. The third-order valence-corrected chi connectivity index (χ3v) is 2.97. The number of ether oxygens (including phenoxy) is 1. The second-order valence-corrected chi connectivity index (χ2v) is 4.23. The Bertz CT molecular complexity index is 334. The molecular formula is C11H17N3O2. The molecule has 0 aliphatic heterocycles. The van der Waals surface area contributed by atoms with Crippen molar-refractivity contribution in [1.29, 1.82) is 0 Å². The molecular weight excluding hydrogens is 206 g/mol. The van der Waals surface area contributed by atoms with E-state index in [1.165, 1.54) is 0 Å². The summed E-state index contributed by atoms with van der Waals surface area (Å²) in [6.45, 7) is 0.513. The number of methoxy groups -OCH3 is 1. The molecule has 0 aromatic carbocycles. The van der Waals surface area contributed by atoms with Gasteiger partial charge < -0.3 is 15.2 Å². The fraction of sp³-hybridized carbons (Fsp3) is 0.636. The fourth-order valence-corrected chi connectivity index (χ4v) is 1.97. The summed E-state index contributed by atoms with van der Waals surface area (Å²) in [6, 6.07) is 0. The van der Waals surface area contributed by atoms with Gasteiger partial charge in [-0.3, -0.25) is 0 Å². The maximum Gasteiger partial charge on any atom is 0.222 e. The number of nitrogens with one attached hydrogen (secondary N) is 1. The molecule has 0 saturated heterocycles. The fourth-order valence-electron chi connectivity index (χ4n) is 1.97. The average molecular weight is 223 g/mol. The van der Waals surface area contributed by atoms with E-state index in [4.69, 9.17) is 4.74 Å². The summed E-state index contributed by atoms with van der Waals surface area (Å²) < 4.78 is 4.96. The predicted molar refractivity (Wildman–Crippen MR) is 60.5 cm³/mol. The van der Waals surface area contributed by atoms with Crippen LogP contribution in [-0.2, 0) is 0 Å². The number of rotatable bonds is 4. The maximum atomic E-state index is 10.1. The van der Waals surface area contributed by atoms with Gasteiger partial charge in [0.2, 0.25) is 5.95 Å². The van der Waals surface area contributed by atoms with Gasteiger partial charge in [-0.25, -0.2) is 9.97 Å². The lowest BCUT2D eigenvalue weighted by Gasteiger charge is -2.22. The molecule has 1 fully saturated rings. The van der Waals surface area contributed by atoms with E-state index in [1.807, 2.05) is 0 Å². The van der Waals surface area contributed by atoms with Crippen molar-refractivity contribution < 1.29 is 9.84 Å². The summed E-state index contributed by atoms with van der Waals surface area (Å²) in [7, 11) is 1.58. The number of aliphatic hydroxyl groups is 1. The highest BCUT2D eigenvalue weighted by Crippen LogP contribution is 2.29. The molecule has 1 aromatic heterocycles. The van der Waals surface area contributed by atoms with Gasteiger partial charge in [0.1, 0.15) is 0 Å². The second kappa shape index (κ2) is 4.65. The summed E-state index contributed by atoms with van der Waals surface area (Å²) in [5.74, 6) is 1.16. The van der Waals surface area contributed by atoms with E-state index in [-0.39, 0.29) is 0 Å². The van der Waals surface area contributed by atoms with Crippen molar-refractivity contribution >= 4 is 5.95 Å². The van der Waals surface area contributed by atoms with Gasteiger partial charge >= 0.3 is 0 Å². The molecule has 2 N–H and O–H groups in total. The summed E-state index contributed by atoms with van der Waals surface area (Å²) in [4.78, 5) is 8.17. The van der Waals surface area contributed by atoms with Gasteiger partial charge in [-0.15, -0.1) is 0 Å². The maximum absolute atomic E-state index is 10.1. The minimum Gasteiger partial charge on any atom is -0.494 e. The molecule has 0 spiro atoms. The Morgan fingerprint density at radius 3 is 2.56 bits per heavy atom. The minimum atomic E-state index is -0.580. The molecule has 1 saturated carbocycles. The minimum absolute atomic E-state index is 0.513. The third kappa shape index (κ3) is 2.61. The Morgan fingerprint density at radius 2 is 2.00 bits per heavy atom. The Labute approximate surface area is 94.9 Å². The summed E-state index contributed by atoms with van der Waals surface area (Å²) in [6.07, 6.45) is 7.12. The lowest BCUT2D eigenvalue weighted by molar-refractivity contribution is 0.0613. The van der Waals surface area contributed by atoms with Gasteiger partial charge in [-0.1, -0.05) is 12.8 Å². The zero-order valence-electron chi connectivity index (χ0n) is 9.44. The number of hydrogen-bond donors (Lipinski definition) is 2. The van der Waals surface area contributed by atoms with Gasteiger partial charge in [0.05, 0.1) is 25.1 Å². The average Bonchev–Trinajstić information content (AvgIpc) is 2.75. The van der Waals surface area contributed by atoms with Crippen molar-refractivity contribution in [1.82, 2.24) is 9.97 Å². The first kappa shape index (κ1) is 11.1. The molecule has 2 rings (SSSR count).